The predicted molar refractivity (Wildman–Crippen MR) is 119 cm³/mol. The molecular formula is C21H19N5OS2. The number of amides is 1. The van der Waals surface area contributed by atoms with E-state index in [4.69, 9.17) is 0 Å². The van der Waals surface area contributed by atoms with Gasteiger partial charge in [0.05, 0.1) is 27.7 Å². The van der Waals surface area contributed by atoms with Crippen molar-refractivity contribution >= 4 is 45.9 Å². The van der Waals surface area contributed by atoms with Gasteiger partial charge in [0.15, 0.2) is 0 Å². The van der Waals surface area contributed by atoms with Gasteiger partial charge in [-0.2, -0.15) is 0 Å². The highest BCUT2D eigenvalue weighted by Crippen LogP contribution is 2.29. The van der Waals surface area contributed by atoms with E-state index in [1.54, 1.807) is 28.9 Å². The maximum Gasteiger partial charge on any atom is 0.229 e. The minimum atomic E-state index is -0.0427. The number of thiazole rings is 1. The van der Waals surface area contributed by atoms with Gasteiger partial charge < -0.3 is 10.6 Å². The lowest BCUT2D eigenvalue weighted by Gasteiger charge is -2.09. The maximum absolute atomic E-state index is 12.2. The van der Waals surface area contributed by atoms with Crippen molar-refractivity contribution in [2.24, 2.45) is 0 Å². The molecule has 6 nitrogen and oxygen atoms in total. The van der Waals surface area contributed by atoms with E-state index in [0.717, 1.165) is 37.5 Å². The van der Waals surface area contributed by atoms with Crippen LogP contribution in [-0.4, -0.2) is 20.9 Å². The highest BCUT2D eigenvalue weighted by molar-refractivity contribution is 7.15. The summed E-state index contributed by atoms with van der Waals surface area (Å²) in [4.78, 5) is 27.7. The standard InChI is InChI=1S/C21H19N5OS2/c1-13-20(29-14(2)23-13)18-8-9-22-21(26-18)25-16-6-3-5-15(11-16)24-19(27)12-17-7-4-10-28-17/h3-11H,12H2,1-2H3,(H,24,27)(H,22,25,26). The molecule has 0 spiro atoms. The second-order valence-electron chi connectivity index (χ2n) is 6.42. The Labute approximate surface area is 176 Å². The van der Waals surface area contributed by atoms with Crippen molar-refractivity contribution in [3.05, 3.63) is 69.6 Å². The number of carbonyl (C=O) groups excluding carboxylic acids is 1. The molecule has 8 heteroatoms. The number of nitrogens with one attached hydrogen (secondary N) is 2. The summed E-state index contributed by atoms with van der Waals surface area (Å²) in [5, 5.41) is 9.13. The summed E-state index contributed by atoms with van der Waals surface area (Å²) < 4.78 is 0. The van der Waals surface area contributed by atoms with Gasteiger partial charge in [0, 0.05) is 22.4 Å². The molecule has 0 unspecified atom stereocenters. The van der Waals surface area contributed by atoms with Gasteiger partial charge in [-0.3, -0.25) is 4.79 Å². The first-order valence-corrected chi connectivity index (χ1v) is 10.7. The molecule has 0 saturated heterocycles. The number of thiophene rings is 1. The third-order valence-corrected chi connectivity index (χ3v) is 6.08. The number of aryl methyl sites for hydroxylation is 2. The van der Waals surface area contributed by atoms with E-state index in [0.29, 0.717) is 12.4 Å². The average molecular weight is 422 g/mol. The first-order valence-electron chi connectivity index (χ1n) is 9.03. The Kier molecular flexibility index (Phi) is 5.64. The molecule has 2 N–H and O–H groups in total. The molecule has 1 amide bonds. The number of carbonyl (C=O) groups is 1. The van der Waals surface area contributed by atoms with E-state index in [1.807, 2.05) is 61.7 Å². The molecule has 4 aromatic rings. The van der Waals surface area contributed by atoms with Crippen LogP contribution in [0.1, 0.15) is 15.6 Å². The smallest absolute Gasteiger partial charge is 0.229 e. The van der Waals surface area contributed by atoms with Crippen LogP contribution in [0, 0.1) is 13.8 Å². The maximum atomic E-state index is 12.2. The Bertz CT molecular complexity index is 1140. The van der Waals surface area contributed by atoms with Gasteiger partial charge in [-0.25, -0.2) is 15.0 Å². The largest absolute Gasteiger partial charge is 0.326 e. The zero-order valence-electron chi connectivity index (χ0n) is 16.0. The molecule has 0 fully saturated rings. The normalized spacial score (nSPS) is 10.7. The molecule has 4 rings (SSSR count). The van der Waals surface area contributed by atoms with Gasteiger partial charge in [0.2, 0.25) is 11.9 Å². The zero-order valence-corrected chi connectivity index (χ0v) is 17.6. The van der Waals surface area contributed by atoms with E-state index in [-0.39, 0.29) is 5.91 Å². The monoisotopic (exact) mass is 421 g/mol. The van der Waals surface area contributed by atoms with E-state index in [2.05, 4.69) is 25.6 Å². The molecule has 0 aliphatic rings. The van der Waals surface area contributed by atoms with Gasteiger partial charge in [-0.1, -0.05) is 12.1 Å². The van der Waals surface area contributed by atoms with Crippen LogP contribution < -0.4 is 10.6 Å². The van der Waals surface area contributed by atoms with Crippen LogP contribution in [0.2, 0.25) is 0 Å². The van der Waals surface area contributed by atoms with E-state index >= 15 is 0 Å². The fourth-order valence-electron chi connectivity index (χ4n) is 2.89. The summed E-state index contributed by atoms with van der Waals surface area (Å²) in [7, 11) is 0. The highest BCUT2D eigenvalue weighted by Gasteiger charge is 2.11. The molecule has 0 saturated carbocycles. The van der Waals surface area contributed by atoms with Crippen LogP contribution in [-0.2, 0) is 11.2 Å². The fourth-order valence-corrected chi connectivity index (χ4v) is 4.49. The SMILES string of the molecule is Cc1nc(C)c(-c2ccnc(Nc3cccc(NC(=O)Cc4cccs4)c3)n2)s1. The topological polar surface area (TPSA) is 79.8 Å². The Morgan fingerprint density at radius 3 is 2.69 bits per heavy atom. The molecule has 3 heterocycles. The number of hydrogen-bond acceptors (Lipinski definition) is 7. The van der Waals surface area contributed by atoms with Crippen molar-refractivity contribution in [2.75, 3.05) is 10.6 Å². The zero-order chi connectivity index (χ0) is 20.2. The Hall–Kier alpha value is -3.10. The molecule has 146 valence electrons. The lowest BCUT2D eigenvalue weighted by Crippen LogP contribution is -2.13. The van der Waals surface area contributed by atoms with Crippen LogP contribution in [0.3, 0.4) is 0 Å². The van der Waals surface area contributed by atoms with Crippen LogP contribution in [0.15, 0.2) is 54.0 Å². The van der Waals surface area contributed by atoms with E-state index in [9.17, 15) is 4.79 Å². The summed E-state index contributed by atoms with van der Waals surface area (Å²) in [5.74, 6) is 0.453. The molecule has 0 aliphatic carbocycles. The van der Waals surface area contributed by atoms with Crippen molar-refractivity contribution in [1.29, 1.82) is 0 Å². The summed E-state index contributed by atoms with van der Waals surface area (Å²) >= 11 is 3.19. The number of anilines is 3. The number of aromatic nitrogens is 3. The quantitative estimate of drug-likeness (QED) is 0.447. The van der Waals surface area contributed by atoms with Gasteiger partial charge in [-0.05, 0) is 49.6 Å². The van der Waals surface area contributed by atoms with Crippen LogP contribution >= 0.6 is 22.7 Å². The van der Waals surface area contributed by atoms with Crippen LogP contribution in [0.4, 0.5) is 17.3 Å². The molecule has 3 aromatic heterocycles. The average Bonchev–Trinajstić information content (AvgIpc) is 3.31. The minimum Gasteiger partial charge on any atom is -0.326 e. The minimum absolute atomic E-state index is 0.0427. The third kappa shape index (κ3) is 4.85. The van der Waals surface area contributed by atoms with Crippen molar-refractivity contribution < 1.29 is 4.79 Å². The summed E-state index contributed by atoms with van der Waals surface area (Å²) in [6, 6.07) is 13.3. The van der Waals surface area contributed by atoms with Crippen LogP contribution in [0.5, 0.6) is 0 Å². The number of hydrogen-bond donors (Lipinski definition) is 2. The van der Waals surface area contributed by atoms with E-state index < -0.39 is 0 Å². The predicted octanol–water partition coefficient (Wildman–Crippen LogP) is 5.20. The second kappa shape index (κ2) is 8.50. The lowest BCUT2D eigenvalue weighted by molar-refractivity contribution is -0.115. The van der Waals surface area contributed by atoms with Gasteiger partial charge >= 0.3 is 0 Å². The van der Waals surface area contributed by atoms with Crippen molar-refractivity contribution in [1.82, 2.24) is 15.0 Å². The number of benzene rings is 1. The van der Waals surface area contributed by atoms with Gasteiger partial charge in [-0.15, -0.1) is 22.7 Å². The summed E-state index contributed by atoms with van der Waals surface area (Å²) in [6.45, 7) is 3.97. The highest BCUT2D eigenvalue weighted by atomic mass is 32.1. The summed E-state index contributed by atoms with van der Waals surface area (Å²) in [5.41, 5.74) is 3.33. The second-order valence-corrected chi connectivity index (χ2v) is 8.66. The molecule has 0 atom stereocenters. The van der Waals surface area contributed by atoms with Crippen molar-refractivity contribution in [3.63, 3.8) is 0 Å². The molecule has 29 heavy (non-hydrogen) atoms. The Balaban J connectivity index is 1.47. The van der Waals surface area contributed by atoms with Gasteiger partial charge in [0.25, 0.3) is 0 Å². The molecule has 0 radical (unpaired) electrons. The molecular weight excluding hydrogens is 402 g/mol. The molecule has 0 bridgehead atoms. The third-order valence-electron chi connectivity index (χ3n) is 4.11. The van der Waals surface area contributed by atoms with Crippen molar-refractivity contribution in [3.8, 4) is 10.6 Å². The lowest BCUT2D eigenvalue weighted by atomic mass is 10.2. The first kappa shape index (κ1) is 19.2. The number of nitrogens with zero attached hydrogens (tertiary/aromatic N) is 3. The van der Waals surface area contributed by atoms with Crippen LogP contribution in [0.25, 0.3) is 10.6 Å². The summed E-state index contributed by atoms with van der Waals surface area (Å²) in [6.07, 6.45) is 2.10. The fraction of sp³-hybridized carbons (Fsp3) is 0.143. The molecule has 1 aromatic carbocycles. The Morgan fingerprint density at radius 1 is 1.07 bits per heavy atom. The first-order chi connectivity index (χ1) is 14.1. The van der Waals surface area contributed by atoms with Gasteiger partial charge in [0.1, 0.15) is 0 Å². The Morgan fingerprint density at radius 2 is 1.93 bits per heavy atom. The van der Waals surface area contributed by atoms with E-state index in [1.165, 1.54) is 0 Å². The number of rotatable bonds is 6. The molecule has 0 aliphatic heterocycles. The van der Waals surface area contributed by atoms with Crippen molar-refractivity contribution in [2.45, 2.75) is 20.3 Å².